The van der Waals surface area contributed by atoms with Crippen molar-refractivity contribution in [2.45, 2.75) is 24.0 Å². The van der Waals surface area contributed by atoms with Crippen molar-refractivity contribution in [1.82, 2.24) is 34.7 Å². The van der Waals surface area contributed by atoms with E-state index in [4.69, 9.17) is 14.2 Å². The molecule has 3 aromatic heterocycles. The molecule has 0 unspecified atom stereocenters. The van der Waals surface area contributed by atoms with Crippen molar-refractivity contribution >= 4 is 9.84 Å². The summed E-state index contributed by atoms with van der Waals surface area (Å²) in [5.74, 6) is 0.748. The highest BCUT2D eigenvalue weighted by Crippen LogP contribution is 2.36. The van der Waals surface area contributed by atoms with Crippen LogP contribution in [0.4, 0.5) is 0 Å². The lowest BCUT2D eigenvalue weighted by atomic mass is 10.2. The average Bonchev–Trinajstić information content (AvgIpc) is 3.34. The average molecular weight is 528 g/mol. The molecule has 0 aliphatic carbocycles. The van der Waals surface area contributed by atoms with Crippen molar-refractivity contribution in [1.29, 1.82) is 0 Å². The number of sulfone groups is 1. The van der Waals surface area contributed by atoms with Crippen molar-refractivity contribution in [3.8, 4) is 34.6 Å². The number of methoxy groups -OCH3 is 3. The molecule has 37 heavy (non-hydrogen) atoms. The van der Waals surface area contributed by atoms with Gasteiger partial charge in [0.1, 0.15) is 34.7 Å². The van der Waals surface area contributed by atoms with Crippen molar-refractivity contribution < 1.29 is 27.7 Å². The highest BCUT2D eigenvalue weighted by atomic mass is 32.2. The zero-order valence-electron chi connectivity index (χ0n) is 20.5. The molecule has 0 aliphatic rings. The van der Waals surface area contributed by atoms with E-state index in [2.05, 4.69) is 30.1 Å². The minimum atomic E-state index is -4.00. The third kappa shape index (κ3) is 5.20. The van der Waals surface area contributed by atoms with Gasteiger partial charge < -0.3 is 19.3 Å². The lowest BCUT2D eigenvalue weighted by molar-refractivity contribution is 0.170. The zero-order valence-corrected chi connectivity index (χ0v) is 21.3. The number of hydrogen-bond acceptors (Lipinski definition) is 12. The molecule has 3 heterocycles. The van der Waals surface area contributed by atoms with Gasteiger partial charge in [-0.25, -0.2) is 18.4 Å². The number of aliphatic hydroxyl groups is 1. The van der Waals surface area contributed by atoms with Gasteiger partial charge in [0.25, 0.3) is 0 Å². The Morgan fingerprint density at radius 2 is 1.68 bits per heavy atom. The van der Waals surface area contributed by atoms with E-state index < -0.39 is 26.9 Å². The molecule has 0 saturated heterocycles. The van der Waals surface area contributed by atoms with Crippen molar-refractivity contribution in [3.63, 3.8) is 0 Å². The molecule has 13 nitrogen and oxygen atoms in total. The van der Waals surface area contributed by atoms with Gasteiger partial charge in [-0.15, -0.1) is 10.2 Å². The predicted molar refractivity (Wildman–Crippen MR) is 131 cm³/mol. The maximum Gasteiger partial charge on any atom is 0.231 e. The highest BCUT2D eigenvalue weighted by molar-refractivity contribution is 7.91. The lowest BCUT2D eigenvalue weighted by Crippen LogP contribution is -2.28. The van der Waals surface area contributed by atoms with E-state index >= 15 is 0 Å². The molecule has 0 saturated carbocycles. The van der Waals surface area contributed by atoms with Crippen LogP contribution in [0, 0.1) is 0 Å². The van der Waals surface area contributed by atoms with Crippen LogP contribution in [0.15, 0.2) is 49.2 Å². The molecule has 4 aromatic rings. The Morgan fingerprint density at radius 1 is 0.946 bits per heavy atom. The van der Waals surface area contributed by atoms with Gasteiger partial charge in [0.05, 0.1) is 50.9 Å². The summed E-state index contributed by atoms with van der Waals surface area (Å²) in [6, 6.07) is 5.13. The van der Waals surface area contributed by atoms with Crippen LogP contribution in [0.3, 0.4) is 0 Å². The fraction of sp³-hybridized carbons (Fsp3) is 0.304. The zero-order chi connectivity index (χ0) is 26.6. The third-order valence-corrected chi connectivity index (χ3v) is 7.70. The molecule has 2 atom stereocenters. The molecular formula is C23H25N7O6S. The van der Waals surface area contributed by atoms with Crippen LogP contribution in [0.2, 0.25) is 0 Å². The van der Waals surface area contributed by atoms with Gasteiger partial charge in [0, 0.05) is 12.4 Å². The molecule has 0 radical (unpaired) electrons. The van der Waals surface area contributed by atoms with Crippen molar-refractivity contribution in [2.75, 3.05) is 21.3 Å². The normalized spacial score (nSPS) is 13.1. The first-order chi connectivity index (χ1) is 17.8. The van der Waals surface area contributed by atoms with Crippen LogP contribution in [-0.4, -0.2) is 74.8 Å². The van der Waals surface area contributed by atoms with E-state index in [1.165, 1.54) is 63.8 Å². The van der Waals surface area contributed by atoms with E-state index in [0.29, 0.717) is 22.9 Å². The summed E-state index contributed by atoms with van der Waals surface area (Å²) >= 11 is 0. The second-order valence-corrected chi connectivity index (χ2v) is 10.2. The van der Waals surface area contributed by atoms with Crippen LogP contribution in [0.25, 0.3) is 17.2 Å². The van der Waals surface area contributed by atoms with Crippen molar-refractivity contribution in [3.05, 3.63) is 60.7 Å². The fourth-order valence-electron chi connectivity index (χ4n) is 3.61. The highest BCUT2D eigenvalue weighted by Gasteiger charge is 2.34. The van der Waals surface area contributed by atoms with Crippen LogP contribution in [0.1, 0.15) is 24.5 Å². The number of benzene rings is 1. The summed E-state index contributed by atoms with van der Waals surface area (Å²) in [4.78, 5) is 16.4. The van der Waals surface area contributed by atoms with E-state index in [-0.39, 0.29) is 23.2 Å². The Balaban J connectivity index is 1.79. The van der Waals surface area contributed by atoms with Gasteiger partial charge in [-0.05, 0) is 19.1 Å². The quantitative estimate of drug-likeness (QED) is 0.317. The van der Waals surface area contributed by atoms with E-state index in [1.54, 1.807) is 18.2 Å². The van der Waals surface area contributed by atoms with Gasteiger partial charge in [0.2, 0.25) is 5.88 Å². The summed E-state index contributed by atoms with van der Waals surface area (Å²) in [5.41, 5.74) is 0.829. The summed E-state index contributed by atoms with van der Waals surface area (Å²) in [5, 5.41) is 17.9. The van der Waals surface area contributed by atoms with Crippen molar-refractivity contribution in [2.24, 2.45) is 0 Å². The number of rotatable bonds is 10. The molecule has 4 rings (SSSR count). The smallest absolute Gasteiger partial charge is 0.231 e. The van der Waals surface area contributed by atoms with Gasteiger partial charge >= 0.3 is 0 Å². The summed E-state index contributed by atoms with van der Waals surface area (Å²) in [7, 11) is 0.384. The summed E-state index contributed by atoms with van der Waals surface area (Å²) in [6.45, 7) is 1.39. The number of aromatic nitrogens is 7. The van der Waals surface area contributed by atoms with Gasteiger partial charge in [-0.3, -0.25) is 14.5 Å². The SMILES string of the molecule is COc1cnc([C@H](O)[C@@H](C)S(=O)(=O)Cc2nnc(-c3cnccn3)n2-c2c(OC)cccc2OC)cn1. The van der Waals surface area contributed by atoms with E-state index in [1.807, 2.05) is 0 Å². The molecule has 14 heteroatoms. The number of para-hydroxylation sites is 1. The Bertz CT molecular complexity index is 1440. The van der Waals surface area contributed by atoms with Gasteiger partial charge in [0.15, 0.2) is 21.5 Å². The largest absolute Gasteiger partial charge is 0.494 e. The molecule has 0 spiro atoms. The maximum atomic E-state index is 13.5. The molecular weight excluding hydrogens is 502 g/mol. The number of hydrogen-bond donors (Lipinski definition) is 1. The molecule has 0 bridgehead atoms. The minimum Gasteiger partial charge on any atom is -0.494 e. The molecule has 0 fully saturated rings. The Morgan fingerprint density at radius 3 is 2.24 bits per heavy atom. The topological polar surface area (TPSA) is 164 Å². The first-order valence-corrected chi connectivity index (χ1v) is 12.7. The Hall–Kier alpha value is -4.17. The third-order valence-electron chi connectivity index (χ3n) is 5.65. The standard InChI is InChI=1S/C23H25N7O6S/c1-14(22(31)15-11-27-20(36-4)12-26-15)37(32,33)13-19-28-29-23(16-10-24-8-9-25-16)30(19)21-17(34-2)6-5-7-18(21)35-3/h5-12,14,22,31H,13H2,1-4H3/t14-,22-/m1/s1. The van der Waals surface area contributed by atoms with Gasteiger partial charge in [-0.2, -0.15) is 0 Å². The van der Waals surface area contributed by atoms with E-state index in [9.17, 15) is 13.5 Å². The van der Waals surface area contributed by atoms with Crippen LogP contribution < -0.4 is 14.2 Å². The second kappa shape index (κ2) is 10.8. The van der Waals surface area contributed by atoms with Crippen LogP contribution in [-0.2, 0) is 15.6 Å². The fourth-order valence-corrected chi connectivity index (χ4v) is 4.95. The Labute approximate surface area is 213 Å². The summed E-state index contributed by atoms with van der Waals surface area (Å²) in [6.07, 6.45) is 5.60. The second-order valence-electron chi connectivity index (χ2n) is 7.82. The maximum absolute atomic E-state index is 13.5. The number of nitrogens with zero attached hydrogens (tertiary/aromatic N) is 7. The molecule has 1 N–H and O–H groups in total. The van der Waals surface area contributed by atoms with Crippen LogP contribution >= 0.6 is 0 Å². The molecule has 0 aliphatic heterocycles. The first kappa shape index (κ1) is 25.9. The number of ether oxygens (including phenoxy) is 3. The van der Waals surface area contributed by atoms with Crippen LogP contribution in [0.5, 0.6) is 17.4 Å². The Kier molecular flexibility index (Phi) is 7.59. The molecule has 0 amide bonds. The number of aliphatic hydroxyl groups excluding tert-OH is 1. The lowest BCUT2D eigenvalue weighted by Gasteiger charge is -2.20. The summed E-state index contributed by atoms with van der Waals surface area (Å²) < 4.78 is 44.5. The first-order valence-electron chi connectivity index (χ1n) is 11.0. The minimum absolute atomic E-state index is 0.0586. The monoisotopic (exact) mass is 527 g/mol. The van der Waals surface area contributed by atoms with E-state index in [0.717, 1.165) is 0 Å². The molecule has 1 aromatic carbocycles. The predicted octanol–water partition coefficient (Wildman–Crippen LogP) is 1.58. The van der Waals surface area contributed by atoms with Gasteiger partial charge in [-0.1, -0.05) is 6.07 Å². The molecule has 194 valence electrons.